The van der Waals surface area contributed by atoms with Crippen LogP contribution in [-0.2, 0) is 0 Å². The van der Waals surface area contributed by atoms with Crippen LogP contribution in [-0.4, -0.2) is 50.3 Å². The monoisotopic (exact) mass is 386 g/mol. The summed E-state index contributed by atoms with van der Waals surface area (Å²) in [5.41, 5.74) is 0.376. The molecule has 1 saturated heterocycles. The van der Waals surface area contributed by atoms with Crippen LogP contribution in [0.5, 0.6) is 17.2 Å². The van der Waals surface area contributed by atoms with Gasteiger partial charge in [0, 0.05) is 24.7 Å². The summed E-state index contributed by atoms with van der Waals surface area (Å²) < 4.78 is 15.9. The van der Waals surface area contributed by atoms with Crippen LogP contribution in [0, 0.1) is 5.92 Å². The lowest BCUT2D eigenvalue weighted by Crippen LogP contribution is -2.33. The standard InChI is InChI=1S/C20H26N4O4/c1-13-5-7-24(8-6-13)18-11-17(21-12-22-18)23-20(25)14-9-15(26-2)19(28-4)16(10-14)27-3/h9-13H,5-8H2,1-4H3,(H,21,22,23,25). The maximum absolute atomic E-state index is 12.7. The molecule has 1 amide bonds. The van der Waals surface area contributed by atoms with E-state index in [0.29, 0.717) is 28.6 Å². The highest BCUT2D eigenvalue weighted by Crippen LogP contribution is 2.38. The van der Waals surface area contributed by atoms with Gasteiger partial charge in [0.05, 0.1) is 21.3 Å². The molecule has 0 saturated carbocycles. The van der Waals surface area contributed by atoms with Crippen LogP contribution in [0.3, 0.4) is 0 Å². The normalized spacial score (nSPS) is 14.5. The predicted octanol–water partition coefficient (Wildman–Crippen LogP) is 2.99. The van der Waals surface area contributed by atoms with Gasteiger partial charge >= 0.3 is 0 Å². The number of methoxy groups -OCH3 is 3. The van der Waals surface area contributed by atoms with E-state index in [1.807, 2.05) is 0 Å². The number of piperidine rings is 1. The van der Waals surface area contributed by atoms with E-state index in [4.69, 9.17) is 14.2 Å². The molecule has 2 heterocycles. The van der Waals surface area contributed by atoms with Crippen molar-refractivity contribution < 1.29 is 19.0 Å². The van der Waals surface area contributed by atoms with Crippen molar-refractivity contribution in [2.45, 2.75) is 19.8 Å². The minimum Gasteiger partial charge on any atom is -0.493 e. The van der Waals surface area contributed by atoms with Crippen molar-refractivity contribution in [3.05, 3.63) is 30.1 Å². The molecule has 1 aromatic carbocycles. The van der Waals surface area contributed by atoms with E-state index in [-0.39, 0.29) is 5.91 Å². The van der Waals surface area contributed by atoms with E-state index in [2.05, 4.69) is 27.1 Å². The first-order chi connectivity index (χ1) is 13.5. The largest absolute Gasteiger partial charge is 0.493 e. The Hall–Kier alpha value is -3.03. The molecule has 8 heteroatoms. The van der Waals surface area contributed by atoms with E-state index in [1.54, 1.807) is 18.2 Å². The number of rotatable bonds is 6. The maximum Gasteiger partial charge on any atom is 0.257 e. The number of carbonyl (C=O) groups is 1. The molecule has 0 bridgehead atoms. The van der Waals surface area contributed by atoms with E-state index in [9.17, 15) is 4.79 Å². The van der Waals surface area contributed by atoms with Crippen LogP contribution >= 0.6 is 0 Å². The number of anilines is 2. The lowest BCUT2D eigenvalue weighted by molar-refractivity contribution is 0.102. The molecule has 0 radical (unpaired) electrons. The first-order valence-corrected chi connectivity index (χ1v) is 9.24. The number of nitrogens with zero attached hydrogens (tertiary/aromatic N) is 3. The molecule has 1 fully saturated rings. The lowest BCUT2D eigenvalue weighted by atomic mass is 9.99. The van der Waals surface area contributed by atoms with Gasteiger partial charge < -0.3 is 24.4 Å². The summed E-state index contributed by atoms with van der Waals surface area (Å²) in [6, 6.07) is 5.00. The van der Waals surface area contributed by atoms with Gasteiger partial charge in [0.25, 0.3) is 5.91 Å². The van der Waals surface area contributed by atoms with Crippen molar-refractivity contribution in [3.8, 4) is 17.2 Å². The van der Waals surface area contributed by atoms with Crippen molar-refractivity contribution in [2.75, 3.05) is 44.6 Å². The smallest absolute Gasteiger partial charge is 0.257 e. The van der Waals surface area contributed by atoms with Gasteiger partial charge in [-0.05, 0) is 30.9 Å². The van der Waals surface area contributed by atoms with Gasteiger partial charge in [-0.1, -0.05) is 6.92 Å². The Morgan fingerprint density at radius 1 is 1.04 bits per heavy atom. The molecule has 28 heavy (non-hydrogen) atoms. The molecular formula is C20H26N4O4. The minimum absolute atomic E-state index is 0.323. The summed E-state index contributed by atoms with van der Waals surface area (Å²) in [7, 11) is 4.54. The highest BCUT2D eigenvalue weighted by Gasteiger charge is 2.19. The van der Waals surface area contributed by atoms with E-state index in [0.717, 1.165) is 37.7 Å². The average molecular weight is 386 g/mol. The quantitative estimate of drug-likeness (QED) is 0.817. The van der Waals surface area contributed by atoms with Crippen LogP contribution in [0.2, 0.25) is 0 Å². The molecule has 1 aliphatic heterocycles. The van der Waals surface area contributed by atoms with Gasteiger partial charge in [-0.3, -0.25) is 4.79 Å². The zero-order chi connectivity index (χ0) is 20.1. The predicted molar refractivity (Wildman–Crippen MR) is 107 cm³/mol. The minimum atomic E-state index is -0.323. The van der Waals surface area contributed by atoms with Gasteiger partial charge in [0.15, 0.2) is 11.5 Å². The molecule has 0 spiro atoms. The number of ether oxygens (including phenoxy) is 3. The van der Waals surface area contributed by atoms with Crippen LogP contribution in [0.15, 0.2) is 24.5 Å². The fourth-order valence-electron chi connectivity index (χ4n) is 3.23. The number of hydrogen-bond donors (Lipinski definition) is 1. The zero-order valence-corrected chi connectivity index (χ0v) is 16.7. The summed E-state index contributed by atoms with van der Waals surface area (Å²) >= 11 is 0. The number of benzene rings is 1. The number of hydrogen-bond acceptors (Lipinski definition) is 7. The van der Waals surface area contributed by atoms with Gasteiger partial charge in [-0.2, -0.15) is 0 Å². The third kappa shape index (κ3) is 4.27. The molecule has 3 rings (SSSR count). The number of nitrogens with one attached hydrogen (secondary N) is 1. The fraction of sp³-hybridized carbons (Fsp3) is 0.450. The summed E-state index contributed by atoms with van der Waals surface area (Å²) in [5, 5.41) is 2.82. The molecule has 1 aliphatic rings. The van der Waals surface area contributed by atoms with E-state index in [1.165, 1.54) is 27.7 Å². The highest BCUT2D eigenvalue weighted by molar-refractivity contribution is 6.04. The molecule has 0 atom stereocenters. The fourth-order valence-corrected chi connectivity index (χ4v) is 3.23. The molecule has 0 aliphatic carbocycles. The number of carbonyl (C=O) groups excluding carboxylic acids is 1. The van der Waals surface area contributed by atoms with Gasteiger partial charge in [0.2, 0.25) is 5.75 Å². The lowest BCUT2D eigenvalue weighted by Gasteiger charge is -2.31. The molecule has 1 aromatic heterocycles. The van der Waals surface area contributed by atoms with E-state index < -0.39 is 0 Å². The summed E-state index contributed by atoms with van der Waals surface area (Å²) in [4.78, 5) is 23.5. The average Bonchev–Trinajstić information content (AvgIpc) is 2.73. The second-order valence-corrected chi connectivity index (χ2v) is 6.80. The van der Waals surface area contributed by atoms with Crippen LogP contribution in [0.25, 0.3) is 0 Å². The second kappa shape index (κ2) is 8.77. The van der Waals surface area contributed by atoms with E-state index >= 15 is 0 Å². The zero-order valence-electron chi connectivity index (χ0n) is 16.7. The van der Waals surface area contributed by atoms with Crippen molar-refractivity contribution >= 4 is 17.5 Å². The maximum atomic E-state index is 12.7. The Morgan fingerprint density at radius 2 is 1.68 bits per heavy atom. The molecule has 0 unspecified atom stereocenters. The molecular weight excluding hydrogens is 360 g/mol. The molecule has 1 N–H and O–H groups in total. The Labute approximate surface area is 164 Å². The number of amides is 1. The topological polar surface area (TPSA) is 85.8 Å². The second-order valence-electron chi connectivity index (χ2n) is 6.80. The van der Waals surface area contributed by atoms with Crippen molar-refractivity contribution in [3.63, 3.8) is 0 Å². The first kappa shape index (κ1) is 19.7. The van der Waals surface area contributed by atoms with Crippen molar-refractivity contribution in [1.29, 1.82) is 0 Å². The van der Waals surface area contributed by atoms with Crippen LogP contribution in [0.1, 0.15) is 30.1 Å². The number of aromatic nitrogens is 2. The third-order valence-electron chi connectivity index (χ3n) is 4.93. The van der Waals surface area contributed by atoms with Crippen LogP contribution < -0.4 is 24.4 Å². The SMILES string of the molecule is COc1cc(C(=O)Nc2cc(N3CCC(C)CC3)ncn2)cc(OC)c1OC. The Balaban J connectivity index is 1.79. The summed E-state index contributed by atoms with van der Waals surface area (Å²) in [5.74, 6) is 2.94. The Morgan fingerprint density at radius 3 is 2.25 bits per heavy atom. The summed E-state index contributed by atoms with van der Waals surface area (Å²) in [6.45, 7) is 4.18. The highest BCUT2D eigenvalue weighted by atomic mass is 16.5. The Bertz CT molecular complexity index is 810. The molecule has 8 nitrogen and oxygen atoms in total. The first-order valence-electron chi connectivity index (χ1n) is 9.24. The third-order valence-corrected chi connectivity index (χ3v) is 4.93. The molecule has 150 valence electrons. The van der Waals surface area contributed by atoms with Gasteiger partial charge in [-0.25, -0.2) is 9.97 Å². The summed E-state index contributed by atoms with van der Waals surface area (Å²) in [6.07, 6.45) is 3.74. The Kier molecular flexibility index (Phi) is 6.18. The van der Waals surface area contributed by atoms with Crippen LogP contribution in [0.4, 0.5) is 11.6 Å². The van der Waals surface area contributed by atoms with Crippen molar-refractivity contribution in [1.82, 2.24) is 9.97 Å². The van der Waals surface area contributed by atoms with Crippen molar-refractivity contribution in [2.24, 2.45) is 5.92 Å². The van der Waals surface area contributed by atoms with Gasteiger partial charge in [0.1, 0.15) is 18.0 Å². The van der Waals surface area contributed by atoms with Gasteiger partial charge in [-0.15, -0.1) is 0 Å². The molecule has 2 aromatic rings.